The molecule has 1 amide bonds. The quantitative estimate of drug-likeness (QED) is 0.770. The highest BCUT2D eigenvalue weighted by Crippen LogP contribution is 2.33. The molecule has 100 valence electrons. The van der Waals surface area contributed by atoms with Gasteiger partial charge in [0, 0.05) is 10.5 Å². The predicted molar refractivity (Wildman–Crippen MR) is 83.2 cm³/mol. The van der Waals surface area contributed by atoms with E-state index in [1.165, 1.54) is 30.6 Å². The Morgan fingerprint density at radius 1 is 1.50 bits per heavy atom. The van der Waals surface area contributed by atoms with Gasteiger partial charge >= 0.3 is 0 Å². The molecule has 2 atom stereocenters. The van der Waals surface area contributed by atoms with E-state index in [-0.39, 0.29) is 5.91 Å². The molecule has 0 bridgehead atoms. The SMILES string of the molecule is CCC1CCCC(NC(=O)c2cc(Br)c(Br)s2)C1. The summed E-state index contributed by atoms with van der Waals surface area (Å²) >= 11 is 8.31. The summed E-state index contributed by atoms with van der Waals surface area (Å²) in [5.41, 5.74) is 0. The van der Waals surface area contributed by atoms with Gasteiger partial charge in [-0.15, -0.1) is 11.3 Å². The lowest BCUT2D eigenvalue weighted by atomic mass is 9.84. The lowest BCUT2D eigenvalue weighted by Crippen LogP contribution is -2.38. The molecular weight excluding hydrogens is 378 g/mol. The Morgan fingerprint density at radius 2 is 2.28 bits per heavy atom. The number of nitrogens with one attached hydrogen (secondary N) is 1. The second-order valence-electron chi connectivity index (χ2n) is 4.84. The highest BCUT2D eigenvalue weighted by Gasteiger charge is 2.23. The molecule has 1 heterocycles. The number of halogens is 2. The number of rotatable bonds is 3. The molecule has 2 nitrogen and oxygen atoms in total. The van der Waals surface area contributed by atoms with E-state index in [1.54, 1.807) is 0 Å². The normalized spacial score (nSPS) is 23.9. The van der Waals surface area contributed by atoms with E-state index >= 15 is 0 Å². The molecule has 0 radical (unpaired) electrons. The average Bonchev–Trinajstić information content (AvgIpc) is 2.70. The summed E-state index contributed by atoms with van der Waals surface area (Å²) in [5.74, 6) is 0.846. The van der Waals surface area contributed by atoms with Crippen LogP contribution in [-0.4, -0.2) is 11.9 Å². The average molecular weight is 395 g/mol. The summed E-state index contributed by atoms with van der Waals surface area (Å²) in [6.07, 6.45) is 6.04. The zero-order chi connectivity index (χ0) is 13.1. The molecule has 1 aliphatic rings. The summed E-state index contributed by atoms with van der Waals surface area (Å²) in [6.45, 7) is 2.24. The Kier molecular flexibility index (Phi) is 5.27. The van der Waals surface area contributed by atoms with Crippen molar-refractivity contribution in [3.63, 3.8) is 0 Å². The third-order valence-corrected chi connectivity index (χ3v) is 6.82. The molecule has 2 unspecified atom stereocenters. The smallest absolute Gasteiger partial charge is 0.261 e. The molecule has 1 fully saturated rings. The van der Waals surface area contributed by atoms with Gasteiger partial charge in [0.05, 0.1) is 8.66 Å². The van der Waals surface area contributed by atoms with Gasteiger partial charge in [-0.3, -0.25) is 4.79 Å². The Hall–Kier alpha value is 0.130. The van der Waals surface area contributed by atoms with Crippen LogP contribution in [0.2, 0.25) is 0 Å². The maximum atomic E-state index is 12.1. The van der Waals surface area contributed by atoms with Crippen LogP contribution >= 0.6 is 43.2 Å². The van der Waals surface area contributed by atoms with Crippen molar-refractivity contribution in [1.82, 2.24) is 5.32 Å². The van der Waals surface area contributed by atoms with Gasteiger partial charge in [0.15, 0.2) is 0 Å². The van der Waals surface area contributed by atoms with Gasteiger partial charge in [-0.05, 0) is 56.7 Å². The Labute approximate surface area is 129 Å². The van der Waals surface area contributed by atoms with Gasteiger partial charge in [0.25, 0.3) is 5.91 Å². The maximum absolute atomic E-state index is 12.1. The van der Waals surface area contributed by atoms with Crippen molar-refractivity contribution in [2.45, 2.75) is 45.1 Å². The molecule has 1 N–H and O–H groups in total. The standard InChI is InChI=1S/C13H17Br2NOS/c1-2-8-4-3-5-9(6-8)16-13(17)11-7-10(14)12(15)18-11/h7-9H,2-6H2,1H3,(H,16,17). The molecule has 18 heavy (non-hydrogen) atoms. The van der Waals surface area contributed by atoms with Crippen LogP contribution in [0.25, 0.3) is 0 Å². The molecule has 2 rings (SSSR count). The van der Waals surface area contributed by atoms with Crippen LogP contribution in [0.5, 0.6) is 0 Å². The van der Waals surface area contributed by atoms with Crippen LogP contribution in [0.4, 0.5) is 0 Å². The van der Waals surface area contributed by atoms with Crippen molar-refractivity contribution in [3.05, 3.63) is 19.2 Å². The van der Waals surface area contributed by atoms with Crippen molar-refractivity contribution in [2.24, 2.45) is 5.92 Å². The summed E-state index contributed by atoms with van der Waals surface area (Å²) in [4.78, 5) is 12.9. The van der Waals surface area contributed by atoms with E-state index in [4.69, 9.17) is 0 Å². The van der Waals surface area contributed by atoms with E-state index in [0.717, 1.165) is 31.9 Å². The van der Waals surface area contributed by atoms with Gasteiger partial charge < -0.3 is 5.32 Å². The van der Waals surface area contributed by atoms with Crippen molar-refractivity contribution in [1.29, 1.82) is 0 Å². The zero-order valence-electron chi connectivity index (χ0n) is 10.3. The highest BCUT2D eigenvalue weighted by atomic mass is 79.9. The first kappa shape index (κ1) is 14.5. The third kappa shape index (κ3) is 3.58. The van der Waals surface area contributed by atoms with Crippen LogP contribution in [-0.2, 0) is 0 Å². The van der Waals surface area contributed by atoms with Crippen LogP contribution in [0.1, 0.15) is 48.7 Å². The highest BCUT2D eigenvalue weighted by molar-refractivity contribution is 9.13. The minimum Gasteiger partial charge on any atom is -0.349 e. The van der Waals surface area contributed by atoms with E-state index in [9.17, 15) is 4.79 Å². The number of amides is 1. The Bertz CT molecular complexity index is 413. The second-order valence-corrected chi connectivity index (χ2v) is 8.07. The van der Waals surface area contributed by atoms with Crippen molar-refractivity contribution in [3.8, 4) is 0 Å². The minimum absolute atomic E-state index is 0.0631. The van der Waals surface area contributed by atoms with Crippen molar-refractivity contribution >= 4 is 49.1 Å². The number of thiophene rings is 1. The monoisotopic (exact) mass is 393 g/mol. The first-order chi connectivity index (χ1) is 8.60. The molecule has 1 aromatic heterocycles. The molecule has 0 aromatic carbocycles. The number of carbonyl (C=O) groups excluding carboxylic acids is 1. The number of carbonyl (C=O) groups is 1. The van der Waals surface area contributed by atoms with E-state index in [2.05, 4.69) is 44.1 Å². The third-order valence-electron chi connectivity index (χ3n) is 3.56. The van der Waals surface area contributed by atoms with E-state index < -0.39 is 0 Å². The molecule has 0 saturated heterocycles. The van der Waals surface area contributed by atoms with Crippen molar-refractivity contribution in [2.75, 3.05) is 0 Å². The topological polar surface area (TPSA) is 29.1 Å². The number of hydrogen-bond donors (Lipinski definition) is 1. The van der Waals surface area contributed by atoms with Gasteiger partial charge in [-0.25, -0.2) is 0 Å². The fraction of sp³-hybridized carbons (Fsp3) is 0.615. The molecule has 1 saturated carbocycles. The molecule has 0 aliphatic heterocycles. The lowest BCUT2D eigenvalue weighted by Gasteiger charge is -2.28. The first-order valence-corrected chi connectivity index (χ1v) is 8.76. The molecule has 5 heteroatoms. The van der Waals surface area contributed by atoms with Crippen LogP contribution in [0, 0.1) is 5.92 Å². The minimum atomic E-state index is 0.0631. The summed E-state index contributed by atoms with van der Waals surface area (Å²) in [6, 6.07) is 2.24. The lowest BCUT2D eigenvalue weighted by molar-refractivity contribution is 0.0923. The maximum Gasteiger partial charge on any atom is 0.261 e. The largest absolute Gasteiger partial charge is 0.349 e. The van der Waals surface area contributed by atoms with Gasteiger partial charge in [0.1, 0.15) is 0 Å². The van der Waals surface area contributed by atoms with E-state index in [1.807, 2.05) is 6.07 Å². The fourth-order valence-corrected chi connectivity index (χ4v) is 4.45. The van der Waals surface area contributed by atoms with Crippen LogP contribution in [0.3, 0.4) is 0 Å². The molecule has 1 aromatic rings. The van der Waals surface area contributed by atoms with Gasteiger partial charge in [0.2, 0.25) is 0 Å². The Morgan fingerprint density at radius 3 is 2.89 bits per heavy atom. The van der Waals surface area contributed by atoms with Gasteiger partial charge in [-0.1, -0.05) is 26.2 Å². The van der Waals surface area contributed by atoms with E-state index in [0.29, 0.717) is 6.04 Å². The van der Waals surface area contributed by atoms with Crippen LogP contribution < -0.4 is 5.32 Å². The summed E-state index contributed by atoms with van der Waals surface area (Å²) < 4.78 is 1.93. The molecule has 0 spiro atoms. The summed E-state index contributed by atoms with van der Waals surface area (Å²) in [7, 11) is 0. The predicted octanol–water partition coefficient (Wildman–Crippen LogP) is 4.97. The number of hydrogen-bond acceptors (Lipinski definition) is 2. The summed E-state index contributed by atoms with van der Waals surface area (Å²) in [5, 5.41) is 3.17. The molecule has 1 aliphatic carbocycles. The van der Waals surface area contributed by atoms with Crippen LogP contribution in [0.15, 0.2) is 14.3 Å². The molecular formula is C13H17Br2NOS. The first-order valence-electron chi connectivity index (χ1n) is 6.35. The Balaban J connectivity index is 1.94. The van der Waals surface area contributed by atoms with Crippen molar-refractivity contribution < 1.29 is 4.79 Å². The van der Waals surface area contributed by atoms with Gasteiger partial charge in [-0.2, -0.15) is 0 Å². The zero-order valence-corrected chi connectivity index (χ0v) is 14.3. The fourth-order valence-electron chi connectivity index (χ4n) is 2.51. The second kappa shape index (κ2) is 6.53.